The molecule has 15 heavy (non-hydrogen) atoms. The number of halogens is 1. The minimum absolute atomic E-state index is 0.219. The van der Waals surface area contributed by atoms with Gasteiger partial charge in [0.25, 0.3) is 0 Å². The van der Waals surface area contributed by atoms with E-state index in [1.165, 1.54) is 19.4 Å². The summed E-state index contributed by atoms with van der Waals surface area (Å²) in [7, 11) is 1.51. The summed E-state index contributed by atoms with van der Waals surface area (Å²) in [5, 5.41) is 10.0. The van der Waals surface area contributed by atoms with E-state index < -0.39 is 17.5 Å². The van der Waals surface area contributed by atoms with Crippen molar-refractivity contribution in [1.29, 1.82) is 0 Å². The molecule has 0 aliphatic carbocycles. The lowest BCUT2D eigenvalue weighted by molar-refractivity contribution is -0.0956. The van der Waals surface area contributed by atoms with Crippen LogP contribution < -0.4 is 0 Å². The zero-order valence-corrected chi connectivity index (χ0v) is 9.20. The van der Waals surface area contributed by atoms with Crippen molar-refractivity contribution < 1.29 is 14.2 Å². The molecule has 0 aromatic carbocycles. The monoisotopic (exact) mass is 213 g/mol. The molecule has 1 aromatic rings. The van der Waals surface area contributed by atoms with Gasteiger partial charge in [0, 0.05) is 18.9 Å². The van der Waals surface area contributed by atoms with Gasteiger partial charge < -0.3 is 9.84 Å². The summed E-state index contributed by atoms with van der Waals surface area (Å²) < 4.78 is 18.6. The molecule has 0 amide bonds. The average Bonchev–Trinajstić information content (AvgIpc) is 2.28. The summed E-state index contributed by atoms with van der Waals surface area (Å²) in [6, 6.07) is 1.47. The van der Waals surface area contributed by atoms with Crippen molar-refractivity contribution in [2.24, 2.45) is 0 Å². The van der Waals surface area contributed by atoms with Gasteiger partial charge in [-0.2, -0.15) is 0 Å². The lowest BCUT2D eigenvalue weighted by Crippen LogP contribution is -2.34. The van der Waals surface area contributed by atoms with Crippen molar-refractivity contribution in [3.63, 3.8) is 0 Å². The first-order valence-corrected chi connectivity index (χ1v) is 4.87. The van der Waals surface area contributed by atoms with E-state index in [2.05, 4.69) is 4.98 Å². The minimum Gasteiger partial charge on any atom is -0.385 e. The van der Waals surface area contributed by atoms with Crippen LogP contribution in [0.3, 0.4) is 0 Å². The standard InChI is InChI=1S/C11H16FNO2/c1-4-11(2,15-3)10(14)8-5-6-13-7-9(8)12/h5-7,10,14H,4H2,1-3H3. The molecule has 4 heteroatoms. The molecule has 0 saturated carbocycles. The molecule has 0 fully saturated rings. The van der Waals surface area contributed by atoms with E-state index in [4.69, 9.17) is 4.74 Å². The number of rotatable bonds is 4. The highest BCUT2D eigenvalue weighted by Crippen LogP contribution is 2.32. The number of hydrogen-bond donors (Lipinski definition) is 1. The van der Waals surface area contributed by atoms with E-state index in [0.29, 0.717) is 6.42 Å². The predicted molar refractivity (Wildman–Crippen MR) is 54.9 cm³/mol. The van der Waals surface area contributed by atoms with Crippen molar-refractivity contribution in [3.05, 3.63) is 29.8 Å². The van der Waals surface area contributed by atoms with Crippen LogP contribution >= 0.6 is 0 Å². The predicted octanol–water partition coefficient (Wildman–Crippen LogP) is 2.07. The van der Waals surface area contributed by atoms with Crippen LogP contribution in [0, 0.1) is 5.82 Å². The topological polar surface area (TPSA) is 42.4 Å². The summed E-state index contributed by atoms with van der Waals surface area (Å²) in [6.07, 6.45) is 2.14. The van der Waals surface area contributed by atoms with E-state index in [0.717, 1.165) is 6.20 Å². The summed E-state index contributed by atoms with van der Waals surface area (Å²) >= 11 is 0. The first kappa shape index (κ1) is 12.1. The lowest BCUT2D eigenvalue weighted by atomic mass is 9.90. The molecule has 3 nitrogen and oxygen atoms in total. The van der Waals surface area contributed by atoms with Gasteiger partial charge in [-0.3, -0.25) is 4.98 Å². The molecule has 1 N–H and O–H groups in total. The molecule has 1 rings (SSSR count). The number of aliphatic hydroxyl groups excluding tert-OH is 1. The summed E-state index contributed by atoms with van der Waals surface area (Å²) in [5.41, 5.74) is -0.557. The highest BCUT2D eigenvalue weighted by molar-refractivity contribution is 5.18. The van der Waals surface area contributed by atoms with Crippen molar-refractivity contribution in [3.8, 4) is 0 Å². The second-order valence-electron chi connectivity index (χ2n) is 3.67. The Hall–Kier alpha value is -1.00. The fraction of sp³-hybridized carbons (Fsp3) is 0.545. The molecule has 84 valence electrons. The van der Waals surface area contributed by atoms with Crippen molar-refractivity contribution in [2.75, 3.05) is 7.11 Å². The number of aromatic nitrogens is 1. The summed E-state index contributed by atoms with van der Waals surface area (Å²) in [6.45, 7) is 3.63. The Labute approximate surface area is 88.9 Å². The fourth-order valence-electron chi connectivity index (χ4n) is 1.39. The van der Waals surface area contributed by atoms with Crippen LogP contribution in [0.25, 0.3) is 0 Å². The zero-order chi connectivity index (χ0) is 11.5. The maximum atomic E-state index is 13.4. The van der Waals surface area contributed by atoms with Crippen LogP contribution in [0.2, 0.25) is 0 Å². The lowest BCUT2D eigenvalue weighted by Gasteiger charge is -2.32. The van der Waals surface area contributed by atoms with E-state index >= 15 is 0 Å². The molecule has 0 bridgehead atoms. The minimum atomic E-state index is -0.990. The van der Waals surface area contributed by atoms with Gasteiger partial charge in [0.2, 0.25) is 0 Å². The average molecular weight is 213 g/mol. The quantitative estimate of drug-likeness (QED) is 0.832. The van der Waals surface area contributed by atoms with Crippen molar-refractivity contribution in [1.82, 2.24) is 4.98 Å². The largest absolute Gasteiger partial charge is 0.385 e. The molecule has 1 heterocycles. The second-order valence-corrected chi connectivity index (χ2v) is 3.67. The van der Waals surface area contributed by atoms with Crippen molar-refractivity contribution >= 4 is 0 Å². The Kier molecular flexibility index (Phi) is 3.77. The van der Waals surface area contributed by atoms with E-state index in [9.17, 15) is 9.50 Å². The Morgan fingerprint density at radius 3 is 2.80 bits per heavy atom. The molecule has 0 spiro atoms. The third kappa shape index (κ3) is 2.33. The van der Waals surface area contributed by atoms with Gasteiger partial charge in [-0.05, 0) is 19.4 Å². The number of methoxy groups -OCH3 is 1. The molecule has 2 unspecified atom stereocenters. The maximum absolute atomic E-state index is 13.4. The molecule has 0 aliphatic heterocycles. The Morgan fingerprint density at radius 2 is 2.33 bits per heavy atom. The Balaban J connectivity index is 3.03. The number of ether oxygens (including phenoxy) is 1. The Morgan fingerprint density at radius 1 is 1.67 bits per heavy atom. The van der Waals surface area contributed by atoms with Gasteiger partial charge in [-0.25, -0.2) is 4.39 Å². The van der Waals surface area contributed by atoms with Gasteiger partial charge in [-0.15, -0.1) is 0 Å². The maximum Gasteiger partial charge on any atom is 0.147 e. The van der Waals surface area contributed by atoms with Gasteiger partial charge in [0.15, 0.2) is 0 Å². The smallest absolute Gasteiger partial charge is 0.147 e. The molecule has 0 radical (unpaired) electrons. The number of nitrogens with zero attached hydrogens (tertiary/aromatic N) is 1. The second kappa shape index (κ2) is 4.68. The normalized spacial score (nSPS) is 17.1. The van der Waals surface area contributed by atoms with Gasteiger partial charge in [0.1, 0.15) is 11.9 Å². The van der Waals surface area contributed by atoms with Crippen LogP contribution in [0.4, 0.5) is 4.39 Å². The molecule has 0 aliphatic rings. The van der Waals surface area contributed by atoms with Crippen LogP contribution in [-0.2, 0) is 4.74 Å². The number of pyridine rings is 1. The first-order chi connectivity index (χ1) is 7.05. The number of aliphatic hydroxyl groups is 1. The molecular formula is C11H16FNO2. The summed E-state index contributed by atoms with van der Waals surface area (Å²) in [5.74, 6) is -0.512. The highest BCUT2D eigenvalue weighted by atomic mass is 19.1. The van der Waals surface area contributed by atoms with Gasteiger partial charge >= 0.3 is 0 Å². The van der Waals surface area contributed by atoms with E-state index in [-0.39, 0.29) is 5.56 Å². The van der Waals surface area contributed by atoms with Crippen LogP contribution in [0.5, 0.6) is 0 Å². The first-order valence-electron chi connectivity index (χ1n) is 4.87. The van der Waals surface area contributed by atoms with E-state index in [1.54, 1.807) is 6.92 Å². The molecule has 1 aromatic heterocycles. The van der Waals surface area contributed by atoms with Crippen LogP contribution in [-0.4, -0.2) is 22.8 Å². The van der Waals surface area contributed by atoms with Crippen molar-refractivity contribution in [2.45, 2.75) is 32.0 Å². The summed E-state index contributed by atoms with van der Waals surface area (Å²) in [4.78, 5) is 3.63. The third-order valence-corrected chi connectivity index (χ3v) is 2.85. The molecular weight excluding hydrogens is 197 g/mol. The fourth-order valence-corrected chi connectivity index (χ4v) is 1.39. The van der Waals surface area contributed by atoms with E-state index in [1.807, 2.05) is 6.92 Å². The van der Waals surface area contributed by atoms with Gasteiger partial charge in [0.05, 0.1) is 11.8 Å². The molecule has 2 atom stereocenters. The Bertz CT molecular complexity index is 326. The third-order valence-electron chi connectivity index (χ3n) is 2.85. The van der Waals surface area contributed by atoms with Crippen LogP contribution in [0.15, 0.2) is 18.5 Å². The zero-order valence-electron chi connectivity index (χ0n) is 9.20. The SMILES string of the molecule is CCC(C)(OC)C(O)c1ccncc1F. The number of hydrogen-bond acceptors (Lipinski definition) is 3. The van der Waals surface area contributed by atoms with Gasteiger partial charge in [-0.1, -0.05) is 6.92 Å². The highest BCUT2D eigenvalue weighted by Gasteiger charge is 2.33. The molecule has 0 saturated heterocycles. The van der Waals surface area contributed by atoms with Crippen LogP contribution in [0.1, 0.15) is 31.9 Å².